The summed E-state index contributed by atoms with van der Waals surface area (Å²) in [6, 6.07) is 22.9. The van der Waals surface area contributed by atoms with E-state index in [-0.39, 0.29) is 12.4 Å². The van der Waals surface area contributed by atoms with Gasteiger partial charge >= 0.3 is 5.97 Å². The van der Waals surface area contributed by atoms with Crippen molar-refractivity contribution in [3.63, 3.8) is 0 Å². The molecule has 0 aromatic heterocycles. The lowest BCUT2D eigenvalue weighted by Gasteiger charge is -2.08. The van der Waals surface area contributed by atoms with Crippen molar-refractivity contribution in [2.75, 3.05) is 13.7 Å². The molecule has 29 heavy (non-hydrogen) atoms. The Morgan fingerprint density at radius 3 is 2.52 bits per heavy atom. The number of benzene rings is 3. The van der Waals surface area contributed by atoms with Gasteiger partial charge in [-0.1, -0.05) is 54.6 Å². The average Bonchev–Trinajstić information content (AvgIpc) is 3.12. The molecule has 0 spiro atoms. The van der Waals surface area contributed by atoms with Crippen LogP contribution in [0.5, 0.6) is 5.75 Å². The molecular weight excluding hydrogens is 360 g/mol. The minimum Gasteiger partial charge on any atom is -0.490 e. The molecule has 0 unspecified atom stereocenters. The number of allylic oxidation sites excluding steroid dienone is 1. The number of methoxy groups -OCH3 is 1. The number of hydrogen-bond donors (Lipinski definition) is 0. The molecule has 0 bridgehead atoms. The largest absolute Gasteiger partial charge is 0.490 e. The second-order valence-electron chi connectivity index (χ2n) is 7.30. The Morgan fingerprint density at radius 2 is 1.72 bits per heavy atom. The number of hydrogen-bond acceptors (Lipinski definition) is 3. The highest BCUT2D eigenvalue weighted by Crippen LogP contribution is 2.37. The quantitative estimate of drug-likeness (QED) is 0.414. The molecule has 0 saturated carbocycles. The molecule has 0 atom stereocenters. The molecule has 3 aromatic rings. The van der Waals surface area contributed by atoms with Gasteiger partial charge < -0.3 is 9.47 Å². The third kappa shape index (κ3) is 4.24. The van der Waals surface area contributed by atoms with Gasteiger partial charge in [-0.25, -0.2) is 0 Å². The standard InChI is InChI=1S/C26H24O3/c1-18(13-14-29-23-10-7-19(8-11-23)15-26(27)28-2)20-9-12-25-22(16-20)17-21-5-3-4-6-24(21)25/h3-13,16H,14-15,17H2,1-2H3. The highest BCUT2D eigenvalue weighted by atomic mass is 16.5. The molecule has 0 heterocycles. The van der Waals surface area contributed by atoms with E-state index in [0.717, 1.165) is 17.7 Å². The van der Waals surface area contributed by atoms with E-state index >= 15 is 0 Å². The van der Waals surface area contributed by atoms with Gasteiger partial charge in [0.05, 0.1) is 13.5 Å². The predicted octanol–water partition coefficient (Wildman–Crippen LogP) is 5.46. The Kier molecular flexibility index (Phi) is 5.48. The SMILES string of the molecule is COC(=O)Cc1ccc(OCC=C(C)c2ccc3c(c2)Cc2ccccc2-3)cc1. The van der Waals surface area contributed by atoms with Crippen molar-refractivity contribution in [2.24, 2.45) is 0 Å². The zero-order valence-electron chi connectivity index (χ0n) is 16.8. The minimum absolute atomic E-state index is 0.241. The molecule has 0 amide bonds. The van der Waals surface area contributed by atoms with Crippen molar-refractivity contribution in [1.82, 2.24) is 0 Å². The van der Waals surface area contributed by atoms with Crippen molar-refractivity contribution in [3.8, 4) is 16.9 Å². The van der Waals surface area contributed by atoms with Gasteiger partial charge in [0.25, 0.3) is 0 Å². The maximum absolute atomic E-state index is 11.3. The first-order valence-corrected chi connectivity index (χ1v) is 9.81. The summed E-state index contributed by atoms with van der Waals surface area (Å²) in [6.45, 7) is 2.62. The van der Waals surface area contributed by atoms with E-state index in [4.69, 9.17) is 4.74 Å². The van der Waals surface area contributed by atoms with Crippen LogP contribution >= 0.6 is 0 Å². The van der Waals surface area contributed by atoms with Gasteiger partial charge in [-0.15, -0.1) is 0 Å². The number of fused-ring (bicyclic) bond motifs is 3. The molecule has 146 valence electrons. The maximum Gasteiger partial charge on any atom is 0.309 e. The van der Waals surface area contributed by atoms with E-state index in [2.05, 4.69) is 60.2 Å². The number of ether oxygens (including phenoxy) is 2. The van der Waals surface area contributed by atoms with Crippen molar-refractivity contribution >= 4 is 11.5 Å². The first kappa shape index (κ1) is 19.0. The molecule has 3 heteroatoms. The number of carbonyl (C=O) groups excluding carboxylic acids is 1. The van der Waals surface area contributed by atoms with Crippen LogP contribution in [-0.2, 0) is 22.4 Å². The second-order valence-corrected chi connectivity index (χ2v) is 7.30. The number of carbonyl (C=O) groups is 1. The van der Waals surface area contributed by atoms with Gasteiger partial charge in [0.15, 0.2) is 0 Å². The molecule has 3 aromatic carbocycles. The fourth-order valence-corrected chi connectivity index (χ4v) is 3.71. The molecule has 0 aliphatic heterocycles. The summed E-state index contributed by atoms with van der Waals surface area (Å²) in [7, 11) is 1.40. The van der Waals surface area contributed by atoms with Gasteiger partial charge in [0, 0.05) is 0 Å². The summed E-state index contributed by atoms with van der Waals surface area (Å²) < 4.78 is 10.5. The fraction of sp³-hybridized carbons (Fsp3) is 0.192. The second kappa shape index (κ2) is 8.36. The van der Waals surface area contributed by atoms with Crippen LogP contribution in [0.4, 0.5) is 0 Å². The lowest BCUT2D eigenvalue weighted by molar-refractivity contribution is -0.139. The van der Waals surface area contributed by atoms with Gasteiger partial charge in [-0.05, 0) is 70.5 Å². The summed E-state index contributed by atoms with van der Waals surface area (Å²) in [5.74, 6) is 0.543. The van der Waals surface area contributed by atoms with Crippen LogP contribution in [0.15, 0.2) is 72.8 Å². The topological polar surface area (TPSA) is 35.5 Å². The average molecular weight is 384 g/mol. The molecule has 1 aliphatic rings. The monoisotopic (exact) mass is 384 g/mol. The van der Waals surface area contributed by atoms with Crippen molar-refractivity contribution < 1.29 is 14.3 Å². The first-order chi connectivity index (χ1) is 14.1. The van der Waals surface area contributed by atoms with Crippen LogP contribution in [0.2, 0.25) is 0 Å². The highest BCUT2D eigenvalue weighted by Gasteiger charge is 2.17. The first-order valence-electron chi connectivity index (χ1n) is 9.81. The van der Waals surface area contributed by atoms with E-state index in [9.17, 15) is 4.79 Å². The highest BCUT2D eigenvalue weighted by molar-refractivity contribution is 5.79. The summed E-state index contributed by atoms with van der Waals surface area (Å²) in [5.41, 5.74) is 8.84. The Morgan fingerprint density at radius 1 is 0.966 bits per heavy atom. The Labute approximate surface area is 171 Å². The van der Waals surface area contributed by atoms with Crippen LogP contribution in [0.3, 0.4) is 0 Å². The van der Waals surface area contributed by atoms with Crippen LogP contribution in [0, 0.1) is 0 Å². The molecule has 4 rings (SSSR count). The van der Waals surface area contributed by atoms with E-state index in [1.165, 1.54) is 40.5 Å². The van der Waals surface area contributed by atoms with Gasteiger partial charge in [-0.3, -0.25) is 4.79 Å². The molecule has 0 fully saturated rings. The number of esters is 1. The van der Waals surface area contributed by atoms with Crippen molar-refractivity contribution in [2.45, 2.75) is 19.8 Å². The van der Waals surface area contributed by atoms with E-state index < -0.39 is 0 Å². The summed E-state index contributed by atoms with van der Waals surface area (Å²) in [4.78, 5) is 11.3. The molecule has 0 saturated heterocycles. The Balaban J connectivity index is 1.39. The van der Waals surface area contributed by atoms with Crippen LogP contribution < -0.4 is 4.74 Å². The van der Waals surface area contributed by atoms with Crippen molar-refractivity contribution in [3.05, 3.63) is 95.1 Å². The number of rotatable bonds is 6. The maximum atomic E-state index is 11.3. The van der Waals surface area contributed by atoms with E-state index in [1.54, 1.807) is 0 Å². The van der Waals surface area contributed by atoms with Crippen LogP contribution in [0.25, 0.3) is 16.7 Å². The van der Waals surface area contributed by atoms with Crippen LogP contribution in [0.1, 0.15) is 29.2 Å². The Bertz CT molecular complexity index is 1060. The predicted molar refractivity (Wildman–Crippen MR) is 116 cm³/mol. The smallest absolute Gasteiger partial charge is 0.309 e. The summed E-state index contributed by atoms with van der Waals surface area (Å²) >= 11 is 0. The Hall–Kier alpha value is -3.33. The molecular formula is C26H24O3. The minimum atomic E-state index is -0.241. The van der Waals surface area contributed by atoms with Crippen molar-refractivity contribution in [1.29, 1.82) is 0 Å². The van der Waals surface area contributed by atoms with Gasteiger partial charge in [0.1, 0.15) is 12.4 Å². The fourth-order valence-electron chi connectivity index (χ4n) is 3.71. The summed E-state index contributed by atoms with van der Waals surface area (Å²) in [5, 5.41) is 0. The van der Waals surface area contributed by atoms with Gasteiger partial charge in [-0.2, -0.15) is 0 Å². The van der Waals surface area contributed by atoms with E-state index in [0.29, 0.717) is 6.61 Å². The zero-order chi connectivity index (χ0) is 20.2. The molecule has 0 radical (unpaired) electrons. The lowest BCUT2D eigenvalue weighted by atomic mass is 10.00. The lowest BCUT2D eigenvalue weighted by Crippen LogP contribution is -2.04. The molecule has 3 nitrogen and oxygen atoms in total. The molecule has 0 N–H and O–H groups in total. The third-order valence-electron chi connectivity index (χ3n) is 5.39. The van der Waals surface area contributed by atoms with Crippen LogP contribution in [-0.4, -0.2) is 19.7 Å². The molecule has 1 aliphatic carbocycles. The third-order valence-corrected chi connectivity index (χ3v) is 5.39. The normalized spacial score (nSPS) is 12.3. The van der Waals surface area contributed by atoms with E-state index in [1.807, 2.05) is 24.3 Å². The van der Waals surface area contributed by atoms with Gasteiger partial charge in [0.2, 0.25) is 0 Å². The summed E-state index contributed by atoms with van der Waals surface area (Å²) in [6.07, 6.45) is 3.38. The zero-order valence-corrected chi connectivity index (χ0v) is 16.8.